The van der Waals surface area contributed by atoms with Crippen LogP contribution in [0.25, 0.3) is 0 Å². The van der Waals surface area contributed by atoms with E-state index in [4.69, 9.17) is 32.8 Å². The van der Waals surface area contributed by atoms with Gasteiger partial charge in [0.1, 0.15) is 6.54 Å². The van der Waals surface area contributed by atoms with Crippen molar-refractivity contribution in [2.24, 2.45) is 0 Å². The second kappa shape index (κ2) is 15.7. The van der Waals surface area contributed by atoms with E-state index >= 15 is 0 Å². The number of allylic oxidation sites excluding steroid dienone is 1. The molecule has 18 heteroatoms. The Morgan fingerprint density at radius 1 is 1.21 bits per heavy atom. The fourth-order valence-electron chi connectivity index (χ4n) is 4.34. The fraction of sp³-hybridized carbons (Fsp3) is 0.640. The predicted molar refractivity (Wildman–Crippen MR) is 156 cm³/mol. The highest BCUT2D eigenvalue weighted by atomic mass is 31.2. The molecule has 1 aliphatic rings. The van der Waals surface area contributed by atoms with E-state index in [1.54, 1.807) is 13.8 Å². The zero-order valence-electron chi connectivity index (χ0n) is 25.3. The van der Waals surface area contributed by atoms with Gasteiger partial charge in [0.05, 0.1) is 38.5 Å². The molecular formula is C25H39N7O9P2. The number of ether oxygens (including phenoxy) is 2. The summed E-state index contributed by atoms with van der Waals surface area (Å²) in [6.07, 6.45) is 0.849. The zero-order valence-corrected chi connectivity index (χ0v) is 27.1. The van der Waals surface area contributed by atoms with Gasteiger partial charge in [0, 0.05) is 31.5 Å². The van der Waals surface area contributed by atoms with Gasteiger partial charge in [-0.05, 0) is 41.5 Å². The Hall–Kier alpha value is -2.89. The minimum absolute atomic E-state index is 0.00215. The van der Waals surface area contributed by atoms with Crippen molar-refractivity contribution in [1.29, 1.82) is 5.26 Å². The molecule has 1 aliphatic heterocycles. The number of nitriles is 1. The smallest absolute Gasteiger partial charge is 0.383 e. The van der Waals surface area contributed by atoms with Crippen molar-refractivity contribution >= 4 is 21.6 Å². The number of rotatable bonds is 17. The highest BCUT2D eigenvalue weighted by Gasteiger charge is 2.44. The largest absolute Gasteiger partial charge is 0.465 e. The van der Waals surface area contributed by atoms with E-state index in [9.17, 15) is 14.2 Å². The molecule has 0 bridgehead atoms. The van der Waals surface area contributed by atoms with Gasteiger partial charge in [-0.1, -0.05) is 5.21 Å². The summed E-state index contributed by atoms with van der Waals surface area (Å²) in [6, 6.07) is 3.26. The highest BCUT2D eigenvalue weighted by Crippen LogP contribution is 2.51. The van der Waals surface area contributed by atoms with Crippen LogP contribution in [-0.2, 0) is 38.7 Å². The Balaban J connectivity index is 2.08. The highest BCUT2D eigenvalue weighted by molar-refractivity contribution is 7.61. The van der Waals surface area contributed by atoms with Crippen molar-refractivity contribution in [3.63, 3.8) is 0 Å². The summed E-state index contributed by atoms with van der Waals surface area (Å²) >= 11 is 0. The van der Waals surface area contributed by atoms with Crippen LogP contribution >= 0.6 is 16.1 Å². The van der Waals surface area contributed by atoms with E-state index in [0.717, 1.165) is 0 Å². The van der Waals surface area contributed by atoms with Crippen molar-refractivity contribution in [3.8, 4) is 6.07 Å². The third-order valence-electron chi connectivity index (χ3n) is 5.98. The lowest BCUT2D eigenvalue weighted by atomic mass is 10.2. The van der Waals surface area contributed by atoms with Gasteiger partial charge in [-0.25, -0.2) is 14.1 Å². The number of H-pyrrole nitrogens is 1. The summed E-state index contributed by atoms with van der Waals surface area (Å²) in [5, 5.41) is 17.2. The standard InChI is InChI=1S/C25H39N7O9P2/c1-8-38-43(35,39-9-2)21-16-30(29-28-21)15-19-22(41-42(37-14-10-12-26)32(17(3)4)18(5)6)23(36-7)24(40-19)31-13-11-20(33)27-25(31)34/h11,13,16-18,23-24H,8-10,14-15H2,1-7H3,(H,27,33,34)/t23?,24-,42?/m1/s1. The second-order valence-electron chi connectivity index (χ2n) is 9.71. The first kappa shape index (κ1) is 34.6. The van der Waals surface area contributed by atoms with Crippen LogP contribution in [0.5, 0.6) is 0 Å². The molecule has 0 amide bonds. The first-order chi connectivity index (χ1) is 20.5. The minimum atomic E-state index is -3.71. The van der Waals surface area contributed by atoms with E-state index in [1.807, 2.05) is 32.4 Å². The lowest BCUT2D eigenvalue weighted by Crippen LogP contribution is -2.37. The summed E-state index contributed by atoms with van der Waals surface area (Å²) in [6.45, 7) is 11.7. The molecule has 3 atom stereocenters. The summed E-state index contributed by atoms with van der Waals surface area (Å²) in [5.74, 6) is 0.438. The van der Waals surface area contributed by atoms with E-state index in [0.29, 0.717) is 0 Å². The molecule has 0 saturated heterocycles. The molecule has 1 N–H and O–H groups in total. The van der Waals surface area contributed by atoms with Crippen LogP contribution in [0.2, 0.25) is 0 Å². The number of nitrogens with one attached hydrogen (secondary N) is 1. The van der Waals surface area contributed by atoms with Gasteiger partial charge in [0.2, 0.25) is 6.23 Å². The molecule has 0 fully saturated rings. The molecule has 238 valence electrons. The minimum Gasteiger partial charge on any atom is -0.465 e. The fourth-order valence-corrected chi connectivity index (χ4v) is 7.44. The Kier molecular flexibility index (Phi) is 12.6. The van der Waals surface area contributed by atoms with Gasteiger partial charge < -0.3 is 27.6 Å². The summed E-state index contributed by atoms with van der Waals surface area (Å²) in [5.41, 5.74) is -1.27. The van der Waals surface area contributed by atoms with Crippen LogP contribution in [0.15, 0.2) is 39.6 Å². The van der Waals surface area contributed by atoms with Crippen molar-refractivity contribution in [3.05, 3.63) is 50.8 Å². The Morgan fingerprint density at radius 3 is 2.44 bits per heavy atom. The summed E-state index contributed by atoms with van der Waals surface area (Å²) in [4.78, 5) is 26.7. The molecule has 0 aliphatic carbocycles. The molecule has 0 spiro atoms. The lowest BCUT2D eigenvalue weighted by molar-refractivity contribution is -0.0347. The van der Waals surface area contributed by atoms with Gasteiger partial charge in [-0.3, -0.25) is 18.9 Å². The van der Waals surface area contributed by atoms with Crippen molar-refractivity contribution < 1.29 is 32.1 Å². The first-order valence-electron chi connectivity index (χ1n) is 13.8. The third kappa shape index (κ3) is 8.39. The Morgan fingerprint density at radius 2 is 1.88 bits per heavy atom. The van der Waals surface area contributed by atoms with E-state index < -0.39 is 39.7 Å². The summed E-state index contributed by atoms with van der Waals surface area (Å²) in [7, 11) is -4.07. The number of methoxy groups -OCH3 is 1. The molecule has 43 heavy (non-hydrogen) atoms. The van der Waals surface area contributed by atoms with Gasteiger partial charge >= 0.3 is 21.8 Å². The maximum atomic E-state index is 13.2. The maximum absolute atomic E-state index is 13.2. The van der Waals surface area contributed by atoms with Crippen LogP contribution < -0.4 is 16.7 Å². The molecule has 0 aromatic carbocycles. The van der Waals surface area contributed by atoms with Gasteiger partial charge in [0.25, 0.3) is 5.56 Å². The molecule has 16 nitrogen and oxygen atoms in total. The molecule has 3 heterocycles. The van der Waals surface area contributed by atoms with Crippen LogP contribution in [0.3, 0.4) is 0 Å². The molecule has 2 aromatic heterocycles. The Labute approximate surface area is 251 Å². The zero-order chi connectivity index (χ0) is 31.7. The van der Waals surface area contributed by atoms with Gasteiger partial charge in [-0.15, -0.1) is 5.10 Å². The number of nitrogens with zero attached hydrogens (tertiary/aromatic N) is 6. The third-order valence-corrected chi connectivity index (χ3v) is 10.0. The molecule has 0 saturated carbocycles. The average molecular weight is 644 g/mol. The lowest BCUT2D eigenvalue weighted by Gasteiger charge is -2.36. The van der Waals surface area contributed by atoms with Crippen molar-refractivity contribution in [2.75, 3.05) is 26.9 Å². The number of hydrogen-bond donors (Lipinski definition) is 1. The van der Waals surface area contributed by atoms with E-state index in [1.165, 1.54) is 34.8 Å². The SMILES string of the molecule is CCOP(=O)(OCC)c1cn(CC2=C(OP(OCCC#N)N(C(C)C)C(C)C)C(OC)[C@H](n3ccc(=O)[nH]c3=O)O2)nn1. The van der Waals surface area contributed by atoms with E-state index in [-0.39, 0.29) is 61.8 Å². The molecule has 0 radical (unpaired) electrons. The normalized spacial score (nSPS) is 18.0. The van der Waals surface area contributed by atoms with Crippen LogP contribution in [0, 0.1) is 11.3 Å². The first-order valence-corrected chi connectivity index (χ1v) is 16.5. The van der Waals surface area contributed by atoms with Crippen LogP contribution in [-0.4, -0.2) is 74.3 Å². The number of hydrogen-bond acceptors (Lipinski definition) is 13. The second-order valence-corrected chi connectivity index (χ2v) is 13.1. The average Bonchev–Trinajstić information content (AvgIpc) is 3.54. The van der Waals surface area contributed by atoms with Gasteiger partial charge in [0.15, 0.2) is 23.1 Å². The van der Waals surface area contributed by atoms with Gasteiger partial charge in [-0.2, -0.15) is 5.26 Å². The maximum Gasteiger partial charge on any atom is 0.383 e. The molecule has 2 aromatic rings. The van der Waals surface area contributed by atoms with Crippen LogP contribution in [0.1, 0.15) is 54.2 Å². The monoisotopic (exact) mass is 643 g/mol. The predicted octanol–water partition coefficient (Wildman–Crippen LogP) is 2.77. The van der Waals surface area contributed by atoms with Crippen molar-refractivity contribution in [2.45, 2.75) is 78.9 Å². The Bertz CT molecular complexity index is 1430. The topological polar surface area (TPSA) is 185 Å². The van der Waals surface area contributed by atoms with Crippen molar-refractivity contribution in [1.82, 2.24) is 29.2 Å². The molecule has 3 rings (SSSR count). The number of aromatic nitrogens is 5. The summed E-state index contributed by atoms with van der Waals surface area (Å²) < 4.78 is 53.2. The quantitative estimate of drug-likeness (QED) is 0.196. The number of aromatic amines is 1. The van der Waals surface area contributed by atoms with Crippen LogP contribution in [0.4, 0.5) is 0 Å². The van der Waals surface area contributed by atoms with E-state index in [2.05, 4.69) is 21.4 Å². The molecule has 2 unspecified atom stereocenters. The molecular weight excluding hydrogens is 604 g/mol.